The van der Waals surface area contributed by atoms with E-state index in [9.17, 15) is 4.79 Å². The molecule has 0 radical (unpaired) electrons. The molecule has 3 heteroatoms. The lowest BCUT2D eigenvalue weighted by Crippen LogP contribution is -2.28. The van der Waals surface area contributed by atoms with Gasteiger partial charge in [-0.1, -0.05) is 30.3 Å². The Morgan fingerprint density at radius 3 is 2.69 bits per heavy atom. The Hall–Kier alpha value is -1.82. The van der Waals surface area contributed by atoms with Crippen LogP contribution in [0.5, 0.6) is 0 Å². The van der Waals surface area contributed by atoms with Crippen LogP contribution in [0.1, 0.15) is 24.9 Å². The molecule has 1 aromatic rings. The van der Waals surface area contributed by atoms with E-state index in [1.165, 1.54) is 0 Å². The Labute approximate surface area is 95.3 Å². The van der Waals surface area contributed by atoms with E-state index in [1.54, 1.807) is 4.90 Å². The molecule has 0 bridgehead atoms. The van der Waals surface area contributed by atoms with Gasteiger partial charge in [0.05, 0.1) is 18.0 Å². The maximum absolute atomic E-state index is 11.7. The van der Waals surface area contributed by atoms with E-state index < -0.39 is 0 Å². The van der Waals surface area contributed by atoms with Crippen LogP contribution in [0.25, 0.3) is 0 Å². The molecule has 1 fully saturated rings. The predicted molar refractivity (Wildman–Crippen MR) is 60.3 cm³/mol. The highest BCUT2D eigenvalue weighted by Crippen LogP contribution is 2.27. The molecule has 1 aromatic carbocycles. The van der Waals surface area contributed by atoms with Gasteiger partial charge < -0.3 is 4.90 Å². The van der Waals surface area contributed by atoms with E-state index in [4.69, 9.17) is 5.26 Å². The Morgan fingerprint density at radius 1 is 1.44 bits per heavy atom. The second-order valence-corrected chi connectivity index (χ2v) is 4.16. The summed E-state index contributed by atoms with van der Waals surface area (Å²) in [4.78, 5) is 13.5. The summed E-state index contributed by atoms with van der Waals surface area (Å²) in [6.07, 6.45) is 0.369. The van der Waals surface area contributed by atoms with Gasteiger partial charge in [0.25, 0.3) is 0 Å². The molecule has 0 spiro atoms. The van der Waals surface area contributed by atoms with E-state index in [0.717, 1.165) is 5.56 Å². The molecule has 82 valence electrons. The van der Waals surface area contributed by atoms with E-state index in [2.05, 4.69) is 6.07 Å². The number of nitriles is 1. The predicted octanol–water partition coefficient (Wildman–Crippen LogP) is 2.12. The highest BCUT2D eigenvalue weighted by Gasteiger charge is 2.32. The summed E-state index contributed by atoms with van der Waals surface area (Å²) in [5.74, 6) is -0.0541. The number of hydrogen-bond acceptors (Lipinski definition) is 2. The molecule has 1 amide bonds. The van der Waals surface area contributed by atoms with Crippen molar-refractivity contribution in [3.8, 4) is 6.07 Å². The molecular weight excluding hydrogens is 200 g/mol. The number of amides is 1. The average molecular weight is 214 g/mol. The third kappa shape index (κ3) is 1.92. The van der Waals surface area contributed by atoms with Crippen molar-refractivity contribution in [2.24, 2.45) is 5.92 Å². The second kappa shape index (κ2) is 4.36. The van der Waals surface area contributed by atoms with E-state index >= 15 is 0 Å². The zero-order valence-electron chi connectivity index (χ0n) is 9.26. The Balaban J connectivity index is 2.15. The zero-order valence-corrected chi connectivity index (χ0v) is 9.26. The van der Waals surface area contributed by atoms with E-state index in [-0.39, 0.29) is 17.9 Å². The molecule has 1 aliphatic heterocycles. The van der Waals surface area contributed by atoms with Gasteiger partial charge >= 0.3 is 0 Å². The summed E-state index contributed by atoms with van der Waals surface area (Å²) >= 11 is 0. The van der Waals surface area contributed by atoms with Gasteiger partial charge in [0.1, 0.15) is 0 Å². The van der Waals surface area contributed by atoms with Crippen LogP contribution in [0.15, 0.2) is 30.3 Å². The molecule has 0 aromatic heterocycles. The SMILES string of the molecule is CC(c1ccccc1)N1CC(C#N)CC1=O. The topological polar surface area (TPSA) is 44.1 Å². The lowest BCUT2D eigenvalue weighted by Gasteiger charge is -2.24. The summed E-state index contributed by atoms with van der Waals surface area (Å²) in [6.45, 7) is 2.57. The highest BCUT2D eigenvalue weighted by molar-refractivity contribution is 5.79. The van der Waals surface area contributed by atoms with Crippen molar-refractivity contribution < 1.29 is 4.79 Å². The van der Waals surface area contributed by atoms with Crippen molar-refractivity contribution in [3.05, 3.63) is 35.9 Å². The molecule has 0 aliphatic carbocycles. The molecule has 16 heavy (non-hydrogen) atoms. The van der Waals surface area contributed by atoms with Crippen LogP contribution in [0.2, 0.25) is 0 Å². The first-order valence-electron chi connectivity index (χ1n) is 5.46. The van der Waals surface area contributed by atoms with Crippen LogP contribution in [0.4, 0.5) is 0 Å². The van der Waals surface area contributed by atoms with E-state index in [0.29, 0.717) is 13.0 Å². The van der Waals surface area contributed by atoms with Crippen LogP contribution in [-0.4, -0.2) is 17.4 Å². The molecule has 2 rings (SSSR count). The minimum Gasteiger partial charge on any atom is -0.335 e. The Morgan fingerprint density at radius 2 is 2.12 bits per heavy atom. The van der Waals surface area contributed by atoms with Crippen molar-refractivity contribution in [2.45, 2.75) is 19.4 Å². The van der Waals surface area contributed by atoms with Crippen LogP contribution in [-0.2, 0) is 4.79 Å². The second-order valence-electron chi connectivity index (χ2n) is 4.16. The van der Waals surface area contributed by atoms with Gasteiger partial charge in [-0.2, -0.15) is 5.26 Å². The number of hydrogen-bond donors (Lipinski definition) is 0. The summed E-state index contributed by atoms with van der Waals surface area (Å²) < 4.78 is 0. The average Bonchev–Trinajstić information content (AvgIpc) is 2.71. The van der Waals surface area contributed by atoms with Crippen LogP contribution < -0.4 is 0 Å². The third-order valence-corrected chi connectivity index (χ3v) is 3.09. The van der Waals surface area contributed by atoms with Gasteiger partial charge in [-0.3, -0.25) is 4.79 Å². The van der Waals surface area contributed by atoms with Crippen LogP contribution >= 0.6 is 0 Å². The fraction of sp³-hybridized carbons (Fsp3) is 0.385. The van der Waals surface area contributed by atoms with Crippen molar-refractivity contribution in [1.82, 2.24) is 4.90 Å². The number of rotatable bonds is 2. The molecule has 0 saturated carbocycles. The summed E-state index contributed by atoms with van der Waals surface area (Å²) in [6, 6.07) is 12.1. The first kappa shape index (κ1) is 10.7. The van der Waals surface area contributed by atoms with E-state index in [1.807, 2.05) is 37.3 Å². The lowest BCUT2D eigenvalue weighted by molar-refractivity contribution is -0.129. The van der Waals surface area contributed by atoms with Gasteiger partial charge in [0.15, 0.2) is 0 Å². The quantitative estimate of drug-likeness (QED) is 0.756. The molecule has 2 unspecified atom stereocenters. The monoisotopic (exact) mass is 214 g/mol. The number of nitrogens with zero attached hydrogens (tertiary/aromatic N) is 2. The third-order valence-electron chi connectivity index (χ3n) is 3.09. The first-order valence-corrected chi connectivity index (χ1v) is 5.46. The molecule has 1 heterocycles. The lowest BCUT2D eigenvalue weighted by atomic mass is 10.1. The smallest absolute Gasteiger partial charge is 0.224 e. The fourth-order valence-electron chi connectivity index (χ4n) is 2.10. The minimum absolute atomic E-state index is 0.0621. The van der Waals surface area contributed by atoms with Crippen LogP contribution in [0.3, 0.4) is 0 Å². The largest absolute Gasteiger partial charge is 0.335 e. The summed E-state index contributed by atoms with van der Waals surface area (Å²) in [5, 5.41) is 8.83. The van der Waals surface area contributed by atoms with Crippen molar-refractivity contribution in [1.29, 1.82) is 5.26 Å². The minimum atomic E-state index is -0.140. The van der Waals surface area contributed by atoms with Crippen LogP contribution in [0, 0.1) is 17.2 Å². The maximum Gasteiger partial charge on any atom is 0.224 e. The van der Waals surface area contributed by atoms with Gasteiger partial charge in [0.2, 0.25) is 5.91 Å². The summed E-state index contributed by atoms with van der Waals surface area (Å²) in [7, 11) is 0. The molecule has 1 aliphatic rings. The number of carbonyl (C=O) groups is 1. The van der Waals surface area contributed by atoms with Gasteiger partial charge in [0, 0.05) is 13.0 Å². The molecular formula is C13H14N2O. The number of carbonyl (C=O) groups excluding carboxylic acids is 1. The maximum atomic E-state index is 11.7. The molecule has 3 nitrogen and oxygen atoms in total. The zero-order chi connectivity index (χ0) is 11.5. The highest BCUT2D eigenvalue weighted by atomic mass is 16.2. The standard InChI is InChI=1S/C13H14N2O/c1-10(12-5-3-2-4-6-12)15-9-11(8-14)7-13(15)16/h2-6,10-11H,7,9H2,1H3. The van der Waals surface area contributed by atoms with Crippen molar-refractivity contribution in [3.63, 3.8) is 0 Å². The molecule has 0 N–H and O–H groups in total. The Bertz CT molecular complexity index is 421. The number of benzene rings is 1. The first-order chi connectivity index (χ1) is 7.72. The molecule has 2 atom stereocenters. The summed E-state index contributed by atoms with van der Waals surface area (Å²) in [5.41, 5.74) is 1.12. The fourth-order valence-corrected chi connectivity index (χ4v) is 2.10. The number of likely N-dealkylation sites (tertiary alicyclic amines) is 1. The van der Waals surface area contributed by atoms with Crippen molar-refractivity contribution >= 4 is 5.91 Å². The Kier molecular flexibility index (Phi) is 2.91. The van der Waals surface area contributed by atoms with Gasteiger partial charge in [-0.15, -0.1) is 0 Å². The van der Waals surface area contributed by atoms with Gasteiger partial charge in [-0.05, 0) is 12.5 Å². The molecule has 1 saturated heterocycles. The normalized spacial score (nSPS) is 21.9. The van der Waals surface area contributed by atoms with Gasteiger partial charge in [-0.25, -0.2) is 0 Å². The van der Waals surface area contributed by atoms with Crippen molar-refractivity contribution in [2.75, 3.05) is 6.54 Å².